The molecule has 0 rings (SSSR count). The highest BCUT2D eigenvalue weighted by Crippen LogP contribution is 2.16. The van der Waals surface area contributed by atoms with E-state index in [0.29, 0.717) is 6.42 Å². The second-order valence-corrected chi connectivity index (χ2v) is 3.49. The monoisotopic (exact) mass is 187 g/mol. The molecule has 0 radical (unpaired) electrons. The molecule has 0 spiro atoms. The zero-order valence-corrected chi connectivity index (χ0v) is 8.39. The summed E-state index contributed by atoms with van der Waals surface area (Å²) < 4.78 is 0. The Morgan fingerprint density at radius 3 is 2.31 bits per heavy atom. The molecule has 0 aromatic heterocycles. The van der Waals surface area contributed by atoms with Crippen LogP contribution < -0.4 is 5.32 Å². The third-order valence-electron chi connectivity index (χ3n) is 2.15. The van der Waals surface area contributed by atoms with E-state index in [1.54, 1.807) is 0 Å². The molecule has 2 N–H and O–H groups in total. The third kappa shape index (κ3) is 5.22. The topological polar surface area (TPSA) is 66.4 Å². The van der Waals surface area contributed by atoms with E-state index in [-0.39, 0.29) is 17.9 Å². The molecular weight excluding hydrogens is 170 g/mol. The largest absolute Gasteiger partial charge is 0.481 e. The molecule has 0 aliphatic carbocycles. The number of hydrogen-bond donors (Lipinski definition) is 2. The first-order valence-corrected chi connectivity index (χ1v) is 4.40. The predicted molar refractivity (Wildman–Crippen MR) is 49.4 cm³/mol. The van der Waals surface area contributed by atoms with Gasteiger partial charge in [-0.1, -0.05) is 6.92 Å². The van der Waals surface area contributed by atoms with E-state index < -0.39 is 5.97 Å². The summed E-state index contributed by atoms with van der Waals surface area (Å²) in [4.78, 5) is 21.1. The minimum atomic E-state index is -0.829. The van der Waals surface area contributed by atoms with Crippen molar-refractivity contribution in [2.24, 2.45) is 0 Å². The van der Waals surface area contributed by atoms with Gasteiger partial charge in [-0.3, -0.25) is 9.59 Å². The maximum absolute atomic E-state index is 10.8. The standard InChI is InChI=1S/C9H17NO3/c1-4-9(3,10-7(2)11)6-5-8(12)13/h4-6H2,1-3H3,(H,10,11)(H,12,13). The van der Waals surface area contributed by atoms with Crippen molar-refractivity contribution in [3.63, 3.8) is 0 Å². The molecule has 0 heterocycles. The Labute approximate surface area is 78.3 Å². The molecule has 13 heavy (non-hydrogen) atoms. The molecule has 0 saturated carbocycles. The molecule has 4 heteroatoms. The van der Waals surface area contributed by atoms with Gasteiger partial charge in [0.15, 0.2) is 0 Å². The van der Waals surface area contributed by atoms with Crippen molar-refractivity contribution in [2.75, 3.05) is 0 Å². The van der Waals surface area contributed by atoms with E-state index in [0.717, 1.165) is 6.42 Å². The summed E-state index contributed by atoms with van der Waals surface area (Å²) >= 11 is 0. The lowest BCUT2D eigenvalue weighted by Crippen LogP contribution is -2.44. The second-order valence-electron chi connectivity index (χ2n) is 3.49. The minimum absolute atomic E-state index is 0.0879. The average Bonchev–Trinajstić information content (AvgIpc) is 2.00. The molecule has 1 amide bonds. The van der Waals surface area contributed by atoms with E-state index >= 15 is 0 Å². The van der Waals surface area contributed by atoms with Crippen LogP contribution >= 0.6 is 0 Å². The van der Waals surface area contributed by atoms with Crippen LogP contribution in [0, 0.1) is 0 Å². The number of nitrogens with one attached hydrogen (secondary N) is 1. The van der Waals surface area contributed by atoms with Gasteiger partial charge in [0, 0.05) is 18.9 Å². The van der Waals surface area contributed by atoms with Crippen LogP contribution in [0.4, 0.5) is 0 Å². The van der Waals surface area contributed by atoms with Crippen LogP contribution in [-0.4, -0.2) is 22.5 Å². The van der Waals surface area contributed by atoms with E-state index in [1.165, 1.54) is 6.92 Å². The molecule has 76 valence electrons. The summed E-state index contributed by atoms with van der Waals surface area (Å²) in [6.45, 7) is 5.23. The van der Waals surface area contributed by atoms with Crippen LogP contribution in [-0.2, 0) is 9.59 Å². The van der Waals surface area contributed by atoms with E-state index in [2.05, 4.69) is 5.32 Å². The minimum Gasteiger partial charge on any atom is -0.481 e. The van der Waals surface area contributed by atoms with Crippen molar-refractivity contribution in [2.45, 2.75) is 45.6 Å². The van der Waals surface area contributed by atoms with Gasteiger partial charge < -0.3 is 10.4 Å². The molecule has 0 bridgehead atoms. The summed E-state index contributed by atoms with van der Waals surface area (Å²) in [6.07, 6.45) is 1.29. The zero-order chi connectivity index (χ0) is 10.5. The molecule has 0 saturated heterocycles. The fourth-order valence-corrected chi connectivity index (χ4v) is 1.14. The van der Waals surface area contributed by atoms with Gasteiger partial charge in [0.05, 0.1) is 0 Å². The molecule has 0 aliphatic heterocycles. The number of rotatable bonds is 5. The van der Waals surface area contributed by atoms with Crippen molar-refractivity contribution in [3.8, 4) is 0 Å². The van der Waals surface area contributed by atoms with Gasteiger partial charge in [-0.2, -0.15) is 0 Å². The summed E-state index contributed by atoms with van der Waals surface area (Å²) in [6, 6.07) is 0. The van der Waals surface area contributed by atoms with Crippen LogP contribution in [0.25, 0.3) is 0 Å². The van der Waals surface area contributed by atoms with Crippen LogP contribution in [0.5, 0.6) is 0 Å². The lowest BCUT2D eigenvalue weighted by atomic mass is 9.92. The second kappa shape index (κ2) is 4.84. The van der Waals surface area contributed by atoms with Crippen LogP contribution in [0.3, 0.4) is 0 Å². The number of amides is 1. The SMILES string of the molecule is CCC(C)(CCC(=O)O)NC(C)=O. The van der Waals surface area contributed by atoms with Crippen LogP contribution in [0.15, 0.2) is 0 Å². The number of carbonyl (C=O) groups excluding carboxylic acids is 1. The molecular formula is C9H17NO3. The number of hydrogen-bond acceptors (Lipinski definition) is 2. The van der Waals surface area contributed by atoms with Gasteiger partial charge >= 0.3 is 5.97 Å². The van der Waals surface area contributed by atoms with Crippen LogP contribution in [0.2, 0.25) is 0 Å². The van der Waals surface area contributed by atoms with Gasteiger partial charge in [-0.05, 0) is 19.8 Å². The fourth-order valence-electron chi connectivity index (χ4n) is 1.14. The Morgan fingerprint density at radius 2 is 2.00 bits per heavy atom. The van der Waals surface area contributed by atoms with Crippen molar-refractivity contribution < 1.29 is 14.7 Å². The lowest BCUT2D eigenvalue weighted by Gasteiger charge is -2.28. The van der Waals surface area contributed by atoms with Gasteiger partial charge in [0.1, 0.15) is 0 Å². The van der Waals surface area contributed by atoms with Crippen molar-refractivity contribution in [1.29, 1.82) is 0 Å². The molecule has 0 aromatic rings. The Bertz CT molecular complexity index is 203. The van der Waals surface area contributed by atoms with E-state index in [9.17, 15) is 9.59 Å². The Balaban J connectivity index is 4.10. The zero-order valence-electron chi connectivity index (χ0n) is 8.39. The quantitative estimate of drug-likeness (QED) is 0.678. The number of aliphatic carboxylic acids is 1. The van der Waals surface area contributed by atoms with Gasteiger partial charge in [-0.15, -0.1) is 0 Å². The summed E-state index contributed by atoms with van der Waals surface area (Å²) in [5.74, 6) is -0.945. The number of carboxylic acid groups (broad SMARTS) is 1. The predicted octanol–water partition coefficient (Wildman–Crippen LogP) is 1.16. The molecule has 0 aliphatic rings. The maximum atomic E-state index is 10.8. The highest BCUT2D eigenvalue weighted by Gasteiger charge is 2.23. The molecule has 0 aromatic carbocycles. The normalized spacial score (nSPS) is 14.7. The van der Waals surface area contributed by atoms with E-state index in [1.807, 2.05) is 13.8 Å². The Morgan fingerprint density at radius 1 is 1.46 bits per heavy atom. The van der Waals surface area contributed by atoms with Crippen LogP contribution in [0.1, 0.15) is 40.0 Å². The summed E-state index contributed by atoms with van der Waals surface area (Å²) in [5, 5.41) is 11.3. The van der Waals surface area contributed by atoms with Crippen molar-refractivity contribution >= 4 is 11.9 Å². The average molecular weight is 187 g/mol. The van der Waals surface area contributed by atoms with Crippen molar-refractivity contribution in [3.05, 3.63) is 0 Å². The van der Waals surface area contributed by atoms with E-state index in [4.69, 9.17) is 5.11 Å². The van der Waals surface area contributed by atoms with Gasteiger partial charge in [-0.25, -0.2) is 0 Å². The Hall–Kier alpha value is -1.06. The Kier molecular flexibility index (Phi) is 4.45. The smallest absolute Gasteiger partial charge is 0.303 e. The highest BCUT2D eigenvalue weighted by molar-refractivity contribution is 5.74. The third-order valence-corrected chi connectivity index (χ3v) is 2.15. The lowest BCUT2D eigenvalue weighted by molar-refractivity contribution is -0.137. The first-order chi connectivity index (χ1) is 5.89. The first-order valence-electron chi connectivity index (χ1n) is 4.40. The molecule has 4 nitrogen and oxygen atoms in total. The summed E-state index contributed by atoms with van der Waals surface area (Å²) in [5.41, 5.74) is -0.385. The fraction of sp³-hybridized carbons (Fsp3) is 0.778. The summed E-state index contributed by atoms with van der Waals surface area (Å²) in [7, 11) is 0. The molecule has 0 fully saturated rings. The van der Waals surface area contributed by atoms with Gasteiger partial charge in [0.2, 0.25) is 5.91 Å². The highest BCUT2D eigenvalue weighted by atomic mass is 16.4. The first kappa shape index (κ1) is 11.9. The maximum Gasteiger partial charge on any atom is 0.303 e. The van der Waals surface area contributed by atoms with Gasteiger partial charge in [0.25, 0.3) is 0 Å². The molecule has 1 atom stereocenters. The molecule has 1 unspecified atom stereocenters. The number of carbonyl (C=O) groups is 2. The number of carboxylic acids is 1. The van der Waals surface area contributed by atoms with Crippen molar-refractivity contribution in [1.82, 2.24) is 5.32 Å².